The van der Waals surface area contributed by atoms with Crippen LogP contribution in [0.5, 0.6) is 0 Å². The maximum absolute atomic E-state index is 12.3. The summed E-state index contributed by atoms with van der Waals surface area (Å²) in [6.45, 7) is 5.82. The molecular formula is C24H25NO3S. The van der Waals surface area contributed by atoms with Crippen LogP contribution >= 0.6 is 11.8 Å². The maximum Gasteiger partial charge on any atom is 0.316 e. The van der Waals surface area contributed by atoms with E-state index in [2.05, 4.69) is 25.2 Å². The van der Waals surface area contributed by atoms with Crippen LogP contribution in [0.15, 0.2) is 65.6 Å². The Hall–Kier alpha value is -2.79. The van der Waals surface area contributed by atoms with Gasteiger partial charge in [0.2, 0.25) is 0 Å². The third-order valence-electron chi connectivity index (χ3n) is 4.63. The minimum Gasteiger partial charge on any atom is -0.455 e. The highest BCUT2D eigenvalue weighted by Crippen LogP contribution is 2.27. The average Bonchev–Trinajstić information content (AvgIpc) is 2.71. The minimum absolute atomic E-state index is 0.160. The van der Waals surface area contributed by atoms with Crippen molar-refractivity contribution >= 4 is 40.1 Å². The highest BCUT2D eigenvalue weighted by molar-refractivity contribution is 8.00. The Bertz CT molecular complexity index is 1030. The molecule has 0 aliphatic carbocycles. The number of rotatable bonds is 7. The number of esters is 1. The molecule has 1 amide bonds. The predicted molar refractivity (Wildman–Crippen MR) is 120 cm³/mol. The second kappa shape index (κ2) is 9.61. The molecule has 5 heteroatoms. The van der Waals surface area contributed by atoms with Gasteiger partial charge in [-0.25, -0.2) is 0 Å². The van der Waals surface area contributed by atoms with E-state index in [1.807, 2.05) is 61.5 Å². The summed E-state index contributed by atoms with van der Waals surface area (Å²) in [5, 5.41) is 5.18. The summed E-state index contributed by atoms with van der Waals surface area (Å²) in [5.41, 5.74) is 2.85. The van der Waals surface area contributed by atoms with Gasteiger partial charge in [0.05, 0.1) is 5.75 Å². The van der Waals surface area contributed by atoms with E-state index in [-0.39, 0.29) is 24.2 Å². The number of anilines is 1. The van der Waals surface area contributed by atoms with Crippen LogP contribution in [0.1, 0.15) is 30.9 Å². The smallest absolute Gasteiger partial charge is 0.316 e. The fraction of sp³-hybridized carbons (Fsp3) is 0.250. The van der Waals surface area contributed by atoms with Crippen molar-refractivity contribution in [2.75, 3.05) is 17.7 Å². The molecule has 0 radical (unpaired) electrons. The minimum atomic E-state index is -0.410. The number of carbonyl (C=O) groups is 2. The second-order valence-electron chi connectivity index (χ2n) is 7.20. The van der Waals surface area contributed by atoms with Crippen molar-refractivity contribution in [3.63, 3.8) is 0 Å². The van der Waals surface area contributed by atoms with Crippen molar-refractivity contribution in [3.8, 4) is 0 Å². The molecular weight excluding hydrogens is 382 g/mol. The quantitative estimate of drug-likeness (QED) is 0.412. The lowest BCUT2D eigenvalue weighted by molar-refractivity contribution is -0.144. The van der Waals surface area contributed by atoms with Crippen molar-refractivity contribution in [1.82, 2.24) is 0 Å². The number of ether oxygens (including phenoxy) is 1. The number of hydrogen-bond acceptors (Lipinski definition) is 4. The monoisotopic (exact) mass is 407 g/mol. The molecule has 0 unspecified atom stereocenters. The van der Waals surface area contributed by atoms with Gasteiger partial charge in [0.1, 0.15) is 0 Å². The number of amides is 1. The third-order valence-corrected chi connectivity index (χ3v) is 5.60. The second-order valence-corrected chi connectivity index (χ2v) is 8.25. The fourth-order valence-electron chi connectivity index (χ4n) is 3.10. The Kier molecular flexibility index (Phi) is 6.94. The van der Waals surface area contributed by atoms with E-state index >= 15 is 0 Å². The first kappa shape index (κ1) is 20.9. The first-order valence-electron chi connectivity index (χ1n) is 9.60. The van der Waals surface area contributed by atoms with Gasteiger partial charge in [0.15, 0.2) is 6.61 Å². The van der Waals surface area contributed by atoms with Crippen LogP contribution in [-0.4, -0.2) is 24.2 Å². The Balaban J connectivity index is 1.51. The van der Waals surface area contributed by atoms with Crippen LogP contribution < -0.4 is 5.32 Å². The zero-order chi connectivity index (χ0) is 20.8. The summed E-state index contributed by atoms with van der Waals surface area (Å²) in [7, 11) is 0. The summed E-state index contributed by atoms with van der Waals surface area (Å²) >= 11 is 1.40. The van der Waals surface area contributed by atoms with E-state index in [1.165, 1.54) is 11.8 Å². The van der Waals surface area contributed by atoms with Gasteiger partial charge in [0, 0.05) is 10.6 Å². The molecule has 0 bridgehead atoms. The summed E-state index contributed by atoms with van der Waals surface area (Å²) < 4.78 is 5.15. The summed E-state index contributed by atoms with van der Waals surface area (Å²) in [4.78, 5) is 25.3. The number of thioether (sulfide) groups is 1. The van der Waals surface area contributed by atoms with Gasteiger partial charge >= 0.3 is 5.97 Å². The number of nitrogens with one attached hydrogen (secondary N) is 1. The largest absolute Gasteiger partial charge is 0.455 e. The van der Waals surface area contributed by atoms with Crippen molar-refractivity contribution < 1.29 is 14.3 Å². The Morgan fingerprint density at radius 1 is 1.00 bits per heavy atom. The van der Waals surface area contributed by atoms with Gasteiger partial charge in [-0.2, -0.15) is 0 Å². The fourth-order valence-corrected chi connectivity index (χ4v) is 3.85. The Morgan fingerprint density at radius 3 is 2.52 bits per heavy atom. The van der Waals surface area contributed by atoms with Crippen LogP contribution in [0.4, 0.5) is 5.69 Å². The molecule has 4 nitrogen and oxygen atoms in total. The lowest BCUT2D eigenvalue weighted by Crippen LogP contribution is -2.22. The van der Waals surface area contributed by atoms with Gasteiger partial charge in [-0.1, -0.05) is 62.4 Å². The Morgan fingerprint density at radius 2 is 1.76 bits per heavy atom. The van der Waals surface area contributed by atoms with Crippen LogP contribution in [0, 0.1) is 6.92 Å². The van der Waals surface area contributed by atoms with Gasteiger partial charge in [-0.3, -0.25) is 9.59 Å². The van der Waals surface area contributed by atoms with E-state index < -0.39 is 5.97 Å². The summed E-state index contributed by atoms with van der Waals surface area (Å²) in [6, 6.07) is 20.1. The van der Waals surface area contributed by atoms with E-state index in [1.54, 1.807) is 0 Å². The van der Waals surface area contributed by atoms with Gasteiger partial charge in [-0.05, 0) is 46.9 Å². The first-order valence-corrected chi connectivity index (χ1v) is 10.6. The molecule has 0 atom stereocenters. The molecule has 150 valence electrons. The molecule has 29 heavy (non-hydrogen) atoms. The molecule has 0 saturated heterocycles. The number of para-hydroxylation sites is 1. The number of fused-ring (bicyclic) bond motifs is 1. The molecule has 3 rings (SSSR count). The van der Waals surface area contributed by atoms with E-state index in [0.29, 0.717) is 0 Å². The topological polar surface area (TPSA) is 55.4 Å². The lowest BCUT2D eigenvalue weighted by Gasteiger charge is -2.16. The average molecular weight is 408 g/mol. The highest BCUT2D eigenvalue weighted by Gasteiger charge is 2.14. The van der Waals surface area contributed by atoms with E-state index in [4.69, 9.17) is 4.74 Å². The van der Waals surface area contributed by atoms with Gasteiger partial charge < -0.3 is 10.1 Å². The zero-order valence-electron chi connectivity index (χ0n) is 16.9. The van der Waals surface area contributed by atoms with Crippen LogP contribution in [0.2, 0.25) is 0 Å². The molecule has 3 aromatic rings. The van der Waals surface area contributed by atoms with Crippen molar-refractivity contribution in [1.29, 1.82) is 0 Å². The number of aryl methyl sites for hydroxylation is 1. The molecule has 0 fully saturated rings. The SMILES string of the molecule is Cc1cccc(C(C)C)c1NC(=O)COC(=O)CSc1ccc2ccccc2c1. The maximum atomic E-state index is 12.3. The summed E-state index contributed by atoms with van der Waals surface area (Å²) in [6.07, 6.45) is 0. The normalized spacial score (nSPS) is 10.9. The molecule has 0 saturated carbocycles. The number of hydrogen-bond donors (Lipinski definition) is 1. The molecule has 0 spiro atoms. The summed E-state index contributed by atoms with van der Waals surface area (Å²) in [5.74, 6) is -0.295. The molecule has 0 heterocycles. The lowest BCUT2D eigenvalue weighted by atomic mass is 9.98. The van der Waals surface area contributed by atoms with Crippen molar-refractivity contribution in [2.45, 2.75) is 31.6 Å². The van der Waals surface area contributed by atoms with Crippen LogP contribution in [0.25, 0.3) is 10.8 Å². The first-order chi connectivity index (χ1) is 13.9. The van der Waals surface area contributed by atoms with Gasteiger partial charge in [0.25, 0.3) is 5.91 Å². The molecule has 0 aliphatic heterocycles. The molecule has 0 aromatic heterocycles. The number of benzene rings is 3. The molecule has 0 aliphatic rings. The van der Waals surface area contributed by atoms with Gasteiger partial charge in [-0.15, -0.1) is 11.8 Å². The van der Waals surface area contributed by atoms with Crippen molar-refractivity contribution in [2.24, 2.45) is 0 Å². The molecule has 1 N–H and O–H groups in total. The van der Waals surface area contributed by atoms with Crippen molar-refractivity contribution in [3.05, 3.63) is 71.8 Å². The Labute approximate surface area is 175 Å². The van der Waals surface area contributed by atoms with Crippen LogP contribution in [0.3, 0.4) is 0 Å². The van der Waals surface area contributed by atoms with E-state index in [9.17, 15) is 9.59 Å². The molecule has 3 aromatic carbocycles. The van der Waals surface area contributed by atoms with Crippen LogP contribution in [-0.2, 0) is 14.3 Å². The van der Waals surface area contributed by atoms with E-state index in [0.717, 1.165) is 32.5 Å². The zero-order valence-corrected chi connectivity index (χ0v) is 17.7. The predicted octanol–water partition coefficient (Wildman–Crippen LogP) is 5.55. The number of carbonyl (C=O) groups excluding carboxylic acids is 2. The third kappa shape index (κ3) is 5.61. The standard InChI is InChI=1S/C24H25NO3S/c1-16(2)21-10-6-7-17(3)24(21)25-22(26)14-28-23(27)15-29-20-12-11-18-8-4-5-9-19(18)13-20/h4-13,16H,14-15H2,1-3H3,(H,25,26). The highest BCUT2D eigenvalue weighted by atomic mass is 32.2.